The number of nitro groups is 1. The third-order valence-electron chi connectivity index (χ3n) is 4.44. The molecule has 0 unspecified atom stereocenters. The van der Waals surface area contributed by atoms with E-state index >= 15 is 0 Å². The number of non-ortho nitro benzene ring substituents is 1. The minimum atomic E-state index is -0.804. The van der Waals surface area contributed by atoms with Crippen LogP contribution >= 0.6 is 0 Å². The summed E-state index contributed by atoms with van der Waals surface area (Å²) in [5, 5.41) is 10.8. The zero-order chi connectivity index (χ0) is 20.1. The molecule has 0 radical (unpaired) electrons. The smallest absolute Gasteiger partial charge is 0.338 e. The molecular formula is C19H18FN3O5. The number of nitrogens with zero attached hydrogens (tertiary/aromatic N) is 3. The molecule has 2 aromatic rings. The first-order valence-corrected chi connectivity index (χ1v) is 8.64. The van der Waals surface area contributed by atoms with Crippen molar-refractivity contribution in [2.75, 3.05) is 37.7 Å². The van der Waals surface area contributed by atoms with Crippen molar-refractivity contribution >= 4 is 23.3 Å². The van der Waals surface area contributed by atoms with Crippen molar-refractivity contribution in [3.63, 3.8) is 0 Å². The fourth-order valence-electron chi connectivity index (χ4n) is 2.95. The molecule has 0 aliphatic carbocycles. The molecule has 0 aromatic heterocycles. The number of hydrogen-bond donors (Lipinski definition) is 0. The van der Waals surface area contributed by atoms with Gasteiger partial charge in [0, 0.05) is 38.3 Å². The van der Waals surface area contributed by atoms with Crippen LogP contribution in [0.25, 0.3) is 0 Å². The largest absolute Gasteiger partial charge is 0.452 e. The molecule has 0 N–H and O–H groups in total. The van der Waals surface area contributed by atoms with Gasteiger partial charge in [-0.2, -0.15) is 0 Å². The SMILES string of the molecule is O=C(OCC(=O)N1CCN(c2ccccc2F)CC1)c1cccc([N+](=O)[O-])c1. The summed E-state index contributed by atoms with van der Waals surface area (Å²) in [7, 11) is 0. The summed E-state index contributed by atoms with van der Waals surface area (Å²) in [6, 6.07) is 11.6. The molecule has 2 aromatic carbocycles. The number of anilines is 1. The summed E-state index contributed by atoms with van der Waals surface area (Å²) < 4.78 is 18.8. The first-order chi connectivity index (χ1) is 13.5. The number of hydrogen-bond acceptors (Lipinski definition) is 6. The van der Waals surface area contributed by atoms with E-state index in [0.29, 0.717) is 31.9 Å². The van der Waals surface area contributed by atoms with E-state index in [0.717, 1.165) is 6.07 Å². The number of halogens is 1. The second-order valence-electron chi connectivity index (χ2n) is 6.20. The van der Waals surface area contributed by atoms with Gasteiger partial charge in [-0.05, 0) is 18.2 Å². The molecule has 1 saturated heterocycles. The van der Waals surface area contributed by atoms with Crippen LogP contribution in [0.3, 0.4) is 0 Å². The minimum absolute atomic E-state index is 0.00590. The maximum Gasteiger partial charge on any atom is 0.338 e. The van der Waals surface area contributed by atoms with Gasteiger partial charge in [-0.1, -0.05) is 18.2 Å². The van der Waals surface area contributed by atoms with Crippen molar-refractivity contribution in [3.05, 3.63) is 70.0 Å². The number of para-hydroxylation sites is 1. The van der Waals surface area contributed by atoms with Crippen molar-refractivity contribution in [1.82, 2.24) is 4.90 Å². The summed E-state index contributed by atoms with van der Waals surface area (Å²) in [5.41, 5.74) is 0.267. The minimum Gasteiger partial charge on any atom is -0.452 e. The van der Waals surface area contributed by atoms with Crippen LogP contribution in [0.4, 0.5) is 15.8 Å². The zero-order valence-corrected chi connectivity index (χ0v) is 14.9. The van der Waals surface area contributed by atoms with E-state index < -0.39 is 17.5 Å². The predicted molar refractivity (Wildman–Crippen MR) is 98.6 cm³/mol. The first kappa shape index (κ1) is 19.3. The Morgan fingerprint density at radius 2 is 1.79 bits per heavy atom. The van der Waals surface area contributed by atoms with Gasteiger partial charge in [-0.3, -0.25) is 14.9 Å². The van der Waals surface area contributed by atoms with E-state index in [1.165, 1.54) is 29.2 Å². The second kappa shape index (κ2) is 8.47. The van der Waals surface area contributed by atoms with E-state index in [-0.39, 0.29) is 23.0 Å². The Balaban J connectivity index is 1.51. The molecule has 0 saturated carbocycles. The number of rotatable bonds is 5. The summed E-state index contributed by atoms with van der Waals surface area (Å²) in [4.78, 5) is 37.8. The van der Waals surface area contributed by atoms with Gasteiger partial charge in [0.15, 0.2) is 6.61 Å². The van der Waals surface area contributed by atoms with Gasteiger partial charge < -0.3 is 14.5 Å². The highest BCUT2D eigenvalue weighted by Crippen LogP contribution is 2.20. The molecular weight excluding hydrogens is 369 g/mol. The molecule has 3 rings (SSSR count). The van der Waals surface area contributed by atoms with Gasteiger partial charge >= 0.3 is 5.97 Å². The fraction of sp³-hybridized carbons (Fsp3) is 0.263. The topological polar surface area (TPSA) is 93.0 Å². The molecule has 0 atom stereocenters. The van der Waals surface area contributed by atoms with Gasteiger partial charge in [0.05, 0.1) is 16.2 Å². The van der Waals surface area contributed by atoms with Gasteiger partial charge in [0.1, 0.15) is 5.82 Å². The number of carbonyl (C=O) groups is 2. The van der Waals surface area contributed by atoms with Crippen LogP contribution in [0.2, 0.25) is 0 Å². The lowest BCUT2D eigenvalue weighted by molar-refractivity contribution is -0.384. The first-order valence-electron chi connectivity index (χ1n) is 8.64. The molecule has 1 fully saturated rings. The third-order valence-corrected chi connectivity index (χ3v) is 4.44. The van der Waals surface area contributed by atoms with Crippen LogP contribution in [0.1, 0.15) is 10.4 Å². The van der Waals surface area contributed by atoms with Crippen molar-refractivity contribution in [1.29, 1.82) is 0 Å². The maximum absolute atomic E-state index is 13.9. The summed E-state index contributed by atoms with van der Waals surface area (Å²) in [6.07, 6.45) is 0. The Hall–Kier alpha value is -3.49. The normalized spacial score (nSPS) is 13.9. The molecule has 1 amide bonds. The Labute approximate surface area is 160 Å². The van der Waals surface area contributed by atoms with Gasteiger partial charge in [0.2, 0.25) is 0 Å². The molecule has 1 heterocycles. The lowest BCUT2D eigenvalue weighted by Crippen LogP contribution is -2.50. The van der Waals surface area contributed by atoms with Gasteiger partial charge in [0.25, 0.3) is 11.6 Å². The number of piperazine rings is 1. The van der Waals surface area contributed by atoms with Crippen LogP contribution in [0.15, 0.2) is 48.5 Å². The van der Waals surface area contributed by atoms with E-state index in [1.54, 1.807) is 18.2 Å². The molecule has 9 heteroatoms. The number of amides is 1. The van der Waals surface area contributed by atoms with E-state index in [4.69, 9.17) is 4.74 Å². The second-order valence-corrected chi connectivity index (χ2v) is 6.20. The monoisotopic (exact) mass is 387 g/mol. The number of benzene rings is 2. The molecule has 8 nitrogen and oxygen atoms in total. The van der Waals surface area contributed by atoms with Crippen LogP contribution in [0.5, 0.6) is 0 Å². The average Bonchev–Trinajstić information content (AvgIpc) is 2.72. The zero-order valence-electron chi connectivity index (χ0n) is 14.9. The van der Waals surface area contributed by atoms with Gasteiger partial charge in [-0.15, -0.1) is 0 Å². The molecule has 146 valence electrons. The third kappa shape index (κ3) is 4.43. The molecule has 28 heavy (non-hydrogen) atoms. The lowest BCUT2D eigenvalue weighted by Gasteiger charge is -2.36. The standard InChI is InChI=1S/C19H18FN3O5/c20-16-6-1-2-7-17(16)21-8-10-22(11-9-21)18(24)13-28-19(25)14-4-3-5-15(12-14)23(26)27/h1-7,12H,8-11,13H2. The van der Waals surface area contributed by atoms with Crippen LogP contribution in [0, 0.1) is 15.9 Å². The Morgan fingerprint density at radius 1 is 1.07 bits per heavy atom. The number of ether oxygens (including phenoxy) is 1. The van der Waals surface area contributed by atoms with Gasteiger partial charge in [-0.25, -0.2) is 9.18 Å². The van der Waals surface area contributed by atoms with Crippen molar-refractivity contribution in [3.8, 4) is 0 Å². The van der Waals surface area contributed by atoms with Crippen LogP contribution < -0.4 is 4.90 Å². The number of esters is 1. The lowest BCUT2D eigenvalue weighted by atomic mass is 10.2. The van der Waals surface area contributed by atoms with E-state index in [2.05, 4.69) is 0 Å². The highest BCUT2D eigenvalue weighted by Gasteiger charge is 2.24. The molecule has 1 aliphatic heterocycles. The summed E-state index contributed by atoms with van der Waals surface area (Å²) >= 11 is 0. The van der Waals surface area contributed by atoms with Crippen molar-refractivity contribution < 1.29 is 23.6 Å². The average molecular weight is 387 g/mol. The molecule has 0 spiro atoms. The number of carbonyl (C=O) groups excluding carboxylic acids is 2. The highest BCUT2D eigenvalue weighted by molar-refractivity contribution is 5.92. The maximum atomic E-state index is 13.9. The quantitative estimate of drug-likeness (QED) is 0.444. The Kier molecular flexibility index (Phi) is 5.83. The predicted octanol–water partition coefficient (Wildman–Crippen LogP) is 2.24. The van der Waals surface area contributed by atoms with Crippen LogP contribution in [-0.4, -0.2) is 54.5 Å². The molecule has 1 aliphatic rings. The summed E-state index contributed by atoms with van der Waals surface area (Å²) in [6.45, 7) is 1.22. The van der Waals surface area contributed by atoms with E-state index in [9.17, 15) is 24.1 Å². The van der Waals surface area contributed by atoms with Crippen molar-refractivity contribution in [2.45, 2.75) is 0 Å². The van der Waals surface area contributed by atoms with E-state index in [1.807, 2.05) is 4.90 Å². The summed E-state index contributed by atoms with van der Waals surface area (Å²) in [5.74, 6) is -1.48. The number of nitro benzene ring substituents is 1. The molecule has 0 bridgehead atoms. The fourth-order valence-corrected chi connectivity index (χ4v) is 2.95. The van der Waals surface area contributed by atoms with Crippen LogP contribution in [-0.2, 0) is 9.53 Å². The Bertz CT molecular complexity index is 897. The van der Waals surface area contributed by atoms with Crippen molar-refractivity contribution in [2.24, 2.45) is 0 Å². The Morgan fingerprint density at radius 3 is 2.46 bits per heavy atom. The highest BCUT2D eigenvalue weighted by atomic mass is 19.1.